The lowest BCUT2D eigenvalue weighted by atomic mass is 9.58. The molecule has 1 spiro atoms. The molecule has 0 radical (unpaired) electrons. The Hall–Kier alpha value is -3.98. The molecule has 4 aromatic rings. The largest absolute Gasteiger partial charge is 0.384 e. The highest BCUT2D eigenvalue weighted by atomic mass is 32.2. The van der Waals surface area contributed by atoms with Gasteiger partial charge in [0.2, 0.25) is 0 Å². The third-order valence-corrected chi connectivity index (χ3v) is 9.98. The van der Waals surface area contributed by atoms with E-state index in [4.69, 9.17) is 0 Å². The number of nitrogens with one attached hydrogen (secondary N) is 3. The average Bonchev–Trinajstić information content (AvgIpc) is 3.45. The van der Waals surface area contributed by atoms with Crippen LogP contribution in [-0.4, -0.2) is 67.2 Å². The highest BCUT2D eigenvalue weighted by Gasteiger charge is 2.48. The number of anilines is 3. The number of pyridine rings is 1. The molecule has 12 nitrogen and oxygen atoms in total. The van der Waals surface area contributed by atoms with Gasteiger partial charge in [-0.05, 0) is 49.1 Å². The van der Waals surface area contributed by atoms with Crippen LogP contribution in [0, 0.1) is 11.3 Å². The van der Waals surface area contributed by atoms with Gasteiger partial charge in [-0.2, -0.15) is 23.1 Å². The summed E-state index contributed by atoms with van der Waals surface area (Å²) in [5.41, 5.74) is 2.64. The number of rotatable bonds is 10. The van der Waals surface area contributed by atoms with Gasteiger partial charge in [0.15, 0.2) is 5.82 Å². The molecule has 15 heteroatoms. The molecule has 1 aliphatic heterocycles. The van der Waals surface area contributed by atoms with Crippen molar-refractivity contribution in [2.45, 2.75) is 37.5 Å². The Labute approximate surface area is 234 Å². The summed E-state index contributed by atoms with van der Waals surface area (Å²) in [5.74, 6) is 1.76. The molecule has 0 bridgehead atoms. The summed E-state index contributed by atoms with van der Waals surface area (Å²) in [7, 11) is -3.50. The molecular weight excluding hydrogens is 554 g/mol. The van der Waals surface area contributed by atoms with E-state index in [0.717, 1.165) is 42.3 Å². The molecule has 0 atom stereocenters. The normalized spacial score (nSPS) is 18.3. The molecule has 41 heavy (non-hydrogen) atoms. The van der Waals surface area contributed by atoms with E-state index in [1.54, 1.807) is 30.6 Å². The summed E-state index contributed by atoms with van der Waals surface area (Å²) < 4.78 is 53.0. The zero-order valence-electron chi connectivity index (χ0n) is 21.9. The van der Waals surface area contributed by atoms with E-state index in [-0.39, 0.29) is 5.25 Å². The molecule has 1 saturated heterocycles. The third kappa shape index (κ3) is 5.03. The third-order valence-electron chi connectivity index (χ3n) is 7.95. The highest BCUT2D eigenvalue weighted by molar-refractivity contribution is 7.90. The quantitative estimate of drug-likeness (QED) is 0.254. The van der Waals surface area contributed by atoms with Gasteiger partial charge in [0.1, 0.15) is 11.6 Å². The molecule has 0 amide bonds. The minimum absolute atomic E-state index is 0.309. The molecule has 2 saturated carbocycles. The molecule has 214 valence electrons. The van der Waals surface area contributed by atoms with Crippen LogP contribution < -0.4 is 16.0 Å². The smallest absolute Gasteiger partial charge is 0.333 e. The Kier molecular flexibility index (Phi) is 6.23. The summed E-state index contributed by atoms with van der Waals surface area (Å²) in [6, 6.07) is 5.01. The maximum atomic E-state index is 13.2. The van der Waals surface area contributed by atoms with E-state index in [0.29, 0.717) is 63.1 Å². The molecule has 2 aliphatic carbocycles. The number of halogens is 2. The Morgan fingerprint density at radius 2 is 1.95 bits per heavy atom. The second kappa shape index (κ2) is 9.83. The second-order valence-corrected chi connectivity index (χ2v) is 13.1. The number of aromatic nitrogens is 7. The highest BCUT2D eigenvalue weighted by Crippen LogP contribution is 2.48. The van der Waals surface area contributed by atoms with Crippen molar-refractivity contribution >= 4 is 27.3 Å². The minimum atomic E-state index is -3.50. The van der Waals surface area contributed by atoms with Crippen LogP contribution in [0.25, 0.3) is 22.6 Å². The van der Waals surface area contributed by atoms with Crippen LogP contribution in [0.4, 0.5) is 26.1 Å². The van der Waals surface area contributed by atoms with E-state index >= 15 is 0 Å². The predicted molar refractivity (Wildman–Crippen MR) is 147 cm³/mol. The fourth-order valence-corrected chi connectivity index (χ4v) is 7.05. The van der Waals surface area contributed by atoms with Gasteiger partial charge in [0, 0.05) is 55.5 Å². The van der Waals surface area contributed by atoms with Crippen LogP contribution >= 0.6 is 0 Å². The van der Waals surface area contributed by atoms with Crippen molar-refractivity contribution in [3.8, 4) is 22.6 Å². The van der Waals surface area contributed by atoms with Gasteiger partial charge in [-0.3, -0.25) is 0 Å². The topological polar surface area (TPSA) is 145 Å². The Bertz CT molecular complexity index is 1690. The molecular formula is C26H28F2N10O2S. The van der Waals surface area contributed by atoms with Crippen molar-refractivity contribution < 1.29 is 17.2 Å². The van der Waals surface area contributed by atoms with Gasteiger partial charge in [0.05, 0.1) is 28.9 Å². The number of nitrogens with zero attached hydrogens (tertiary/aromatic N) is 7. The lowest BCUT2D eigenvalue weighted by Gasteiger charge is -2.54. The van der Waals surface area contributed by atoms with E-state index < -0.39 is 16.6 Å². The van der Waals surface area contributed by atoms with Crippen molar-refractivity contribution in [1.82, 2.24) is 39.2 Å². The number of alkyl halides is 2. The first-order valence-electron chi connectivity index (χ1n) is 13.5. The first-order chi connectivity index (χ1) is 19.8. The Morgan fingerprint density at radius 3 is 2.66 bits per heavy atom. The van der Waals surface area contributed by atoms with Gasteiger partial charge >= 0.3 is 6.55 Å². The first kappa shape index (κ1) is 26.0. The molecule has 3 fully saturated rings. The van der Waals surface area contributed by atoms with Crippen LogP contribution in [-0.2, 0) is 10.0 Å². The van der Waals surface area contributed by atoms with E-state index in [1.807, 2.05) is 0 Å². The maximum Gasteiger partial charge on any atom is 0.333 e. The average molecular weight is 583 g/mol. The zero-order valence-corrected chi connectivity index (χ0v) is 22.7. The monoisotopic (exact) mass is 582 g/mol. The van der Waals surface area contributed by atoms with E-state index in [1.165, 1.54) is 18.6 Å². The van der Waals surface area contributed by atoms with Crippen molar-refractivity contribution in [2.24, 2.45) is 11.3 Å². The minimum Gasteiger partial charge on any atom is -0.384 e. The fraction of sp³-hybridized carbons (Fsp3) is 0.423. The molecule has 3 N–H and O–H groups in total. The first-order valence-corrected chi connectivity index (χ1v) is 15.0. The van der Waals surface area contributed by atoms with Crippen molar-refractivity contribution in [2.75, 3.05) is 30.3 Å². The van der Waals surface area contributed by atoms with Gasteiger partial charge in [-0.25, -0.2) is 28.1 Å². The SMILES string of the molecule is O=S(=O)(C1CC1)n1cc(-c2nccc(Nc3cc(NCC4CC5(CNC5)C4)c(-c4ccn(C(F)F)n4)cn3)n2)cn1. The fourth-order valence-electron chi connectivity index (χ4n) is 5.57. The van der Waals surface area contributed by atoms with Crippen LogP contribution in [0.15, 0.2) is 49.2 Å². The van der Waals surface area contributed by atoms with E-state index in [9.17, 15) is 17.2 Å². The number of hydrogen-bond acceptors (Lipinski definition) is 10. The summed E-state index contributed by atoms with van der Waals surface area (Å²) in [6.45, 7) is 0.158. The summed E-state index contributed by atoms with van der Waals surface area (Å²) >= 11 is 0. The summed E-state index contributed by atoms with van der Waals surface area (Å²) in [6.07, 6.45) is 10.8. The van der Waals surface area contributed by atoms with E-state index in [2.05, 4.69) is 41.1 Å². The van der Waals surface area contributed by atoms with Crippen LogP contribution in [0.1, 0.15) is 32.2 Å². The lowest BCUT2D eigenvalue weighted by molar-refractivity contribution is 0.00680. The Balaban J connectivity index is 1.12. The Morgan fingerprint density at radius 1 is 1.12 bits per heavy atom. The lowest BCUT2D eigenvalue weighted by Crippen LogP contribution is -2.61. The number of hydrogen-bond donors (Lipinski definition) is 3. The van der Waals surface area contributed by atoms with Crippen LogP contribution in [0.5, 0.6) is 0 Å². The zero-order chi connectivity index (χ0) is 28.2. The summed E-state index contributed by atoms with van der Waals surface area (Å²) in [4.78, 5) is 13.3. The van der Waals surface area contributed by atoms with Crippen molar-refractivity contribution in [3.05, 3.63) is 49.2 Å². The van der Waals surface area contributed by atoms with Crippen molar-refractivity contribution in [3.63, 3.8) is 0 Å². The second-order valence-electron chi connectivity index (χ2n) is 11.1. The van der Waals surface area contributed by atoms with Gasteiger partial charge in [0.25, 0.3) is 10.0 Å². The standard InChI is InChI=1S/C26H28F2N10O2S/c27-25(28)37-6-4-20(36-37)19-12-32-23(7-21(19)31-10-16-8-26(9-16)14-29-15-26)34-22-3-5-30-24(35-22)17-11-33-38(13-17)41(39,40)18-1-2-18/h3-7,11-13,16,18,25,29H,1-2,8-10,14-15H2,(H2,30,31,32,34,35). The molecule has 7 rings (SSSR count). The van der Waals surface area contributed by atoms with Crippen molar-refractivity contribution in [1.29, 1.82) is 0 Å². The molecule has 0 unspecified atom stereocenters. The molecule has 4 aromatic heterocycles. The van der Waals surface area contributed by atoms with Crippen LogP contribution in [0.3, 0.4) is 0 Å². The van der Waals surface area contributed by atoms with Crippen LogP contribution in [0.2, 0.25) is 0 Å². The van der Waals surface area contributed by atoms with Gasteiger partial charge < -0.3 is 16.0 Å². The molecule has 0 aromatic carbocycles. The molecule has 3 aliphatic rings. The maximum absolute atomic E-state index is 13.2. The van der Waals surface area contributed by atoms with Gasteiger partial charge in [-0.15, -0.1) is 0 Å². The van der Waals surface area contributed by atoms with Gasteiger partial charge in [-0.1, -0.05) is 0 Å². The summed E-state index contributed by atoms with van der Waals surface area (Å²) in [5, 5.41) is 17.7. The molecule has 5 heterocycles. The predicted octanol–water partition coefficient (Wildman–Crippen LogP) is 3.49.